The standard InChI is InChI=1S/C34H32BrN3O10/c1-42-26-14-20(15-27(43-2)30(26)46-5)32(39)37-24-10-7-19(8-11-24)33(40)38-36-18-22-13-23(35)9-12-25(22)48-34(41)21-16-28(44-3)31(47-6)29(17-21)45-4/h7-18H,1-6H3,(H,37,39)(H,38,40)/b36-18-. The molecule has 0 fully saturated rings. The van der Waals surface area contributed by atoms with Gasteiger partial charge in [0.25, 0.3) is 11.8 Å². The van der Waals surface area contributed by atoms with Crippen LogP contribution in [0.25, 0.3) is 0 Å². The van der Waals surface area contributed by atoms with E-state index in [2.05, 4.69) is 31.8 Å². The molecule has 2 amide bonds. The van der Waals surface area contributed by atoms with E-state index in [0.717, 1.165) is 0 Å². The van der Waals surface area contributed by atoms with Gasteiger partial charge < -0.3 is 38.5 Å². The minimum Gasteiger partial charge on any atom is -0.493 e. The molecular formula is C34H32BrN3O10. The molecule has 0 unspecified atom stereocenters. The van der Waals surface area contributed by atoms with Crippen LogP contribution in [-0.2, 0) is 0 Å². The lowest BCUT2D eigenvalue weighted by atomic mass is 10.1. The number of carbonyl (C=O) groups excluding carboxylic acids is 3. The van der Waals surface area contributed by atoms with E-state index in [1.807, 2.05) is 0 Å². The Kier molecular flexibility index (Phi) is 11.8. The summed E-state index contributed by atoms with van der Waals surface area (Å²) < 4.78 is 38.2. The summed E-state index contributed by atoms with van der Waals surface area (Å²) in [6.07, 6.45) is 1.34. The smallest absolute Gasteiger partial charge is 0.343 e. The molecule has 4 aromatic carbocycles. The van der Waals surface area contributed by atoms with Crippen LogP contribution in [0.2, 0.25) is 0 Å². The number of hydrogen-bond donors (Lipinski definition) is 2. The maximum Gasteiger partial charge on any atom is 0.343 e. The average Bonchev–Trinajstić information content (AvgIpc) is 3.11. The van der Waals surface area contributed by atoms with Crippen molar-refractivity contribution in [1.29, 1.82) is 0 Å². The summed E-state index contributed by atoms with van der Waals surface area (Å²) in [5.74, 6) is 0.501. The van der Waals surface area contributed by atoms with Gasteiger partial charge in [-0.2, -0.15) is 5.10 Å². The van der Waals surface area contributed by atoms with Gasteiger partial charge in [-0.3, -0.25) is 9.59 Å². The predicted molar refractivity (Wildman–Crippen MR) is 181 cm³/mol. The van der Waals surface area contributed by atoms with E-state index in [4.69, 9.17) is 33.2 Å². The van der Waals surface area contributed by atoms with E-state index in [9.17, 15) is 14.4 Å². The van der Waals surface area contributed by atoms with Crippen molar-refractivity contribution in [3.05, 3.63) is 93.5 Å². The second kappa shape index (κ2) is 16.2. The van der Waals surface area contributed by atoms with Crippen molar-refractivity contribution in [2.24, 2.45) is 5.10 Å². The van der Waals surface area contributed by atoms with Gasteiger partial charge in [0.1, 0.15) is 5.75 Å². The highest BCUT2D eigenvalue weighted by atomic mass is 79.9. The third kappa shape index (κ3) is 8.14. The third-order valence-electron chi connectivity index (χ3n) is 6.78. The van der Waals surface area contributed by atoms with Crippen molar-refractivity contribution in [1.82, 2.24) is 5.43 Å². The number of ether oxygens (including phenoxy) is 7. The molecule has 0 saturated carbocycles. The number of rotatable bonds is 13. The number of benzene rings is 4. The summed E-state index contributed by atoms with van der Waals surface area (Å²) in [6, 6.07) is 17.1. The molecule has 0 aliphatic rings. The molecule has 0 atom stereocenters. The topological polar surface area (TPSA) is 152 Å². The Bertz CT molecular complexity index is 1790. The Balaban J connectivity index is 1.43. The first kappa shape index (κ1) is 35.1. The number of nitrogens with zero attached hydrogens (tertiary/aromatic N) is 1. The first-order valence-electron chi connectivity index (χ1n) is 14.0. The van der Waals surface area contributed by atoms with E-state index >= 15 is 0 Å². The maximum atomic E-state index is 13.1. The molecule has 2 N–H and O–H groups in total. The molecular weight excluding hydrogens is 690 g/mol. The molecule has 0 aromatic heterocycles. The molecule has 13 nitrogen and oxygen atoms in total. The van der Waals surface area contributed by atoms with Crippen molar-refractivity contribution < 1.29 is 47.5 Å². The van der Waals surface area contributed by atoms with Crippen LogP contribution in [0.1, 0.15) is 36.6 Å². The molecule has 14 heteroatoms. The van der Waals surface area contributed by atoms with E-state index in [1.54, 1.807) is 30.3 Å². The van der Waals surface area contributed by atoms with Crippen LogP contribution >= 0.6 is 15.9 Å². The molecule has 4 rings (SSSR count). The van der Waals surface area contributed by atoms with Crippen LogP contribution in [0.5, 0.6) is 40.2 Å². The number of carbonyl (C=O) groups is 3. The Morgan fingerprint density at radius 2 is 1.12 bits per heavy atom. The van der Waals surface area contributed by atoms with E-state index < -0.39 is 17.8 Å². The number of anilines is 1. The Morgan fingerprint density at radius 3 is 1.62 bits per heavy atom. The summed E-state index contributed by atoms with van der Waals surface area (Å²) in [5, 5.41) is 6.81. The number of methoxy groups -OCH3 is 6. The molecule has 48 heavy (non-hydrogen) atoms. The van der Waals surface area contributed by atoms with E-state index in [1.165, 1.54) is 85.3 Å². The molecule has 0 spiro atoms. The Labute approximate surface area is 284 Å². The van der Waals surface area contributed by atoms with Crippen molar-refractivity contribution in [2.75, 3.05) is 48.0 Å². The molecule has 4 aromatic rings. The molecule has 0 aliphatic carbocycles. The molecule has 0 aliphatic heterocycles. The zero-order chi connectivity index (χ0) is 34.8. The molecule has 0 saturated heterocycles. The van der Waals surface area contributed by atoms with E-state index in [-0.39, 0.29) is 33.9 Å². The normalized spacial score (nSPS) is 10.6. The van der Waals surface area contributed by atoms with Gasteiger partial charge in [0.2, 0.25) is 11.5 Å². The summed E-state index contributed by atoms with van der Waals surface area (Å²) in [6.45, 7) is 0. The fourth-order valence-electron chi connectivity index (χ4n) is 4.42. The number of hydrogen-bond acceptors (Lipinski definition) is 11. The van der Waals surface area contributed by atoms with Crippen LogP contribution in [0.3, 0.4) is 0 Å². The van der Waals surface area contributed by atoms with Crippen LogP contribution in [0, 0.1) is 0 Å². The zero-order valence-corrected chi connectivity index (χ0v) is 28.4. The van der Waals surface area contributed by atoms with Crippen LogP contribution in [0.4, 0.5) is 5.69 Å². The predicted octanol–water partition coefficient (Wildman–Crippen LogP) is 5.74. The SMILES string of the molecule is COc1cc(C(=O)Nc2ccc(C(=O)N/N=C\c3cc(Br)ccc3OC(=O)c3cc(OC)c(OC)c(OC)c3)cc2)cc(OC)c1OC. The lowest BCUT2D eigenvalue weighted by molar-refractivity contribution is 0.0733. The minimum absolute atomic E-state index is 0.159. The number of esters is 1. The average molecular weight is 723 g/mol. The highest BCUT2D eigenvalue weighted by molar-refractivity contribution is 9.10. The first-order valence-corrected chi connectivity index (χ1v) is 14.8. The second-order valence-electron chi connectivity index (χ2n) is 9.63. The van der Waals surface area contributed by atoms with Gasteiger partial charge in [0.15, 0.2) is 23.0 Å². The number of amides is 2. The molecule has 250 valence electrons. The third-order valence-corrected chi connectivity index (χ3v) is 7.27. The molecule has 0 bridgehead atoms. The molecule has 0 heterocycles. The van der Waals surface area contributed by atoms with Crippen molar-refractivity contribution in [2.45, 2.75) is 0 Å². The summed E-state index contributed by atoms with van der Waals surface area (Å²) in [4.78, 5) is 38.8. The highest BCUT2D eigenvalue weighted by Gasteiger charge is 2.20. The van der Waals surface area contributed by atoms with Gasteiger partial charge in [-0.15, -0.1) is 0 Å². The second-order valence-corrected chi connectivity index (χ2v) is 10.5. The molecule has 0 radical (unpaired) electrons. The monoisotopic (exact) mass is 721 g/mol. The van der Waals surface area contributed by atoms with Crippen molar-refractivity contribution in [3.63, 3.8) is 0 Å². The fraction of sp³-hybridized carbons (Fsp3) is 0.176. The van der Waals surface area contributed by atoms with Crippen molar-refractivity contribution >= 4 is 45.6 Å². The highest BCUT2D eigenvalue weighted by Crippen LogP contribution is 2.39. The lowest BCUT2D eigenvalue weighted by Gasteiger charge is -2.14. The zero-order valence-electron chi connectivity index (χ0n) is 26.8. The fourth-order valence-corrected chi connectivity index (χ4v) is 4.80. The Morgan fingerprint density at radius 1 is 0.604 bits per heavy atom. The van der Waals surface area contributed by atoms with Gasteiger partial charge >= 0.3 is 5.97 Å². The van der Waals surface area contributed by atoms with Gasteiger partial charge in [0, 0.05) is 26.9 Å². The van der Waals surface area contributed by atoms with Crippen LogP contribution in [-0.4, -0.2) is 66.7 Å². The van der Waals surface area contributed by atoms with Gasteiger partial charge in [-0.05, 0) is 66.7 Å². The van der Waals surface area contributed by atoms with Gasteiger partial charge in [-0.25, -0.2) is 10.2 Å². The van der Waals surface area contributed by atoms with Gasteiger partial charge in [0.05, 0.1) is 54.4 Å². The van der Waals surface area contributed by atoms with Crippen molar-refractivity contribution in [3.8, 4) is 40.2 Å². The first-order chi connectivity index (χ1) is 23.1. The maximum absolute atomic E-state index is 13.1. The van der Waals surface area contributed by atoms with Crippen LogP contribution < -0.4 is 43.9 Å². The summed E-state index contributed by atoms with van der Waals surface area (Å²) >= 11 is 3.39. The number of halogens is 1. The minimum atomic E-state index is -0.687. The quantitative estimate of drug-likeness (QED) is 0.0757. The summed E-state index contributed by atoms with van der Waals surface area (Å²) in [7, 11) is 8.73. The van der Waals surface area contributed by atoms with E-state index in [0.29, 0.717) is 38.7 Å². The number of nitrogens with one attached hydrogen (secondary N) is 2. The Hall–Kier alpha value is -5.76. The largest absolute Gasteiger partial charge is 0.493 e. The summed E-state index contributed by atoms with van der Waals surface area (Å²) in [5.41, 5.74) is 4.01. The van der Waals surface area contributed by atoms with Crippen LogP contribution in [0.15, 0.2) is 76.3 Å². The lowest BCUT2D eigenvalue weighted by Crippen LogP contribution is -2.18. The van der Waals surface area contributed by atoms with Gasteiger partial charge in [-0.1, -0.05) is 15.9 Å². The number of hydrazone groups is 1.